The first-order valence-corrected chi connectivity index (χ1v) is 8.41. The van der Waals surface area contributed by atoms with Crippen LogP contribution in [0.4, 0.5) is 15.9 Å². The number of rotatable bonds is 3. The Morgan fingerprint density at radius 1 is 1.33 bits per heavy atom. The van der Waals surface area contributed by atoms with Crippen LogP contribution in [0, 0.1) is 11.7 Å². The molecule has 1 atom stereocenters. The topological polar surface area (TPSA) is 51.4 Å². The second-order valence-corrected chi connectivity index (χ2v) is 6.71. The number of ether oxygens (including phenoxy) is 1. The molecule has 0 saturated carbocycles. The first-order valence-electron chi connectivity index (χ1n) is 8.04. The predicted molar refractivity (Wildman–Crippen MR) is 95.8 cm³/mol. The lowest BCUT2D eigenvalue weighted by molar-refractivity contribution is 0.0114. The summed E-state index contributed by atoms with van der Waals surface area (Å²) in [4.78, 5) is 6.23. The summed E-state index contributed by atoms with van der Waals surface area (Å²) < 4.78 is 20.1. The van der Waals surface area contributed by atoms with Crippen molar-refractivity contribution in [2.24, 2.45) is 5.92 Å². The van der Waals surface area contributed by atoms with Gasteiger partial charge in [-0.1, -0.05) is 37.6 Å². The molecule has 3 rings (SSSR count). The van der Waals surface area contributed by atoms with E-state index in [1.54, 1.807) is 0 Å². The quantitative estimate of drug-likeness (QED) is 0.910. The molecule has 24 heavy (non-hydrogen) atoms. The summed E-state index contributed by atoms with van der Waals surface area (Å²) in [6.45, 7) is 6.76. The van der Waals surface area contributed by atoms with E-state index in [0.29, 0.717) is 11.5 Å². The molecule has 0 unspecified atom stereocenters. The highest BCUT2D eigenvalue weighted by Crippen LogP contribution is 2.31. The molecule has 1 aromatic carbocycles. The monoisotopic (exact) mass is 349 g/mol. The van der Waals surface area contributed by atoms with Gasteiger partial charge in [0.05, 0.1) is 12.7 Å². The number of nitrogens with zero attached hydrogens (tertiary/aromatic N) is 2. The molecule has 0 amide bonds. The highest BCUT2D eigenvalue weighted by atomic mass is 35.5. The molecule has 2 heterocycles. The number of aromatic nitrogens is 1. The lowest BCUT2D eigenvalue weighted by Gasteiger charge is -2.36. The van der Waals surface area contributed by atoms with E-state index in [2.05, 4.69) is 23.7 Å². The molecule has 128 valence electrons. The molecule has 1 fully saturated rings. The first kappa shape index (κ1) is 17.0. The van der Waals surface area contributed by atoms with Gasteiger partial charge in [-0.3, -0.25) is 0 Å². The van der Waals surface area contributed by atoms with Gasteiger partial charge in [0.25, 0.3) is 0 Å². The fraction of sp³-hybridized carbons (Fsp3) is 0.389. The fourth-order valence-electron chi connectivity index (χ4n) is 2.84. The Morgan fingerprint density at radius 2 is 2.04 bits per heavy atom. The Bertz CT molecular complexity index is 721. The lowest BCUT2D eigenvalue weighted by atomic mass is 10.0. The van der Waals surface area contributed by atoms with Gasteiger partial charge in [0.2, 0.25) is 0 Å². The molecule has 0 radical (unpaired) electrons. The standard InChI is InChI=1S/C18H21ClFN3O/c1-11(2)15-10-23(7-8-24-15)13-5-3-12(4-6-13)14-9-22-18(21)16(19)17(14)20/h3-6,9,11,15H,7-8,10H2,1-2H3,(H2,21,22)/t15-/m1/s1. The fourth-order valence-corrected chi connectivity index (χ4v) is 3.00. The maximum absolute atomic E-state index is 14.3. The maximum Gasteiger partial charge on any atom is 0.154 e. The molecule has 0 aliphatic carbocycles. The van der Waals surface area contributed by atoms with Crippen LogP contribution in [0.3, 0.4) is 0 Å². The SMILES string of the molecule is CC(C)[C@H]1CN(c2ccc(-c3cnc(N)c(Cl)c3F)cc2)CCO1. The van der Waals surface area contributed by atoms with Crippen LogP contribution >= 0.6 is 11.6 Å². The third-order valence-electron chi connectivity index (χ3n) is 4.37. The molecule has 1 saturated heterocycles. The van der Waals surface area contributed by atoms with E-state index in [4.69, 9.17) is 22.1 Å². The van der Waals surface area contributed by atoms with E-state index in [1.807, 2.05) is 24.3 Å². The van der Waals surface area contributed by atoms with E-state index in [1.165, 1.54) is 6.20 Å². The van der Waals surface area contributed by atoms with Crippen molar-refractivity contribution in [1.82, 2.24) is 4.98 Å². The molecule has 1 aromatic heterocycles. The van der Waals surface area contributed by atoms with E-state index in [9.17, 15) is 4.39 Å². The van der Waals surface area contributed by atoms with Gasteiger partial charge >= 0.3 is 0 Å². The Morgan fingerprint density at radius 3 is 2.71 bits per heavy atom. The third kappa shape index (κ3) is 3.32. The molecule has 0 bridgehead atoms. The Balaban J connectivity index is 1.82. The molecule has 4 nitrogen and oxygen atoms in total. The second kappa shape index (κ2) is 6.95. The van der Waals surface area contributed by atoms with Crippen molar-refractivity contribution in [2.75, 3.05) is 30.3 Å². The number of pyridine rings is 1. The molecular formula is C18H21ClFN3O. The average molecular weight is 350 g/mol. The summed E-state index contributed by atoms with van der Waals surface area (Å²) in [6, 6.07) is 7.73. The zero-order chi connectivity index (χ0) is 17.3. The average Bonchev–Trinajstić information content (AvgIpc) is 2.60. The van der Waals surface area contributed by atoms with Gasteiger partial charge in [0.1, 0.15) is 10.8 Å². The van der Waals surface area contributed by atoms with Gasteiger partial charge < -0.3 is 15.4 Å². The largest absolute Gasteiger partial charge is 0.382 e. The highest BCUT2D eigenvalue weighted by Gasteiger charge is 2.23. The Hall–Kier alpha value is -1.85. The minimum Gasteiger partial charge on any atom is -0.382 e. The lowest BCUT2D eigenvalue weighted by Crippen LogP contribution is -2.44. The van der Waals surface area contributed by atoms with Gasteiger partial charge in [0, 0.05) is 30.5 Å². The highest BCUT2D eigenvalue weighted by molar-refractivity contribution is 6.33. The summed E-state index contributed by atoms with van der Waals surface area (Å²) in [5.41, 5.74) is 7.70. The van der Waals surface area contributed by atoms with Crippen molar-refractivity contribution in [1.29, 1.82) is 0 Å². The van der Waals surface area contributed by atoms with Crippen LogP contribution in [0.1, 0.15) is 13.8 Å². The predicted octanol–water partition coefficient (Wildman–Crippen LogP) is 3.98. The van der Waals surface area contributed by atoms with Gasteiger partial charge in [-0.05, 0) is 23.6 Å². The van der Waals surface area contributed by atoms with Crippen molar-refractivity contribution in [3.63, 3.8) is 0 Å². The van der Waals surface area contributed by atoms with Crippen LogP contribution in [0.25, 0.3) is 11.1 Å². The molecule has 1 aliphatic rings. The Labute approximate surface area is 146 Å². The summed E-state index contributed by atoms with van der Waals surface area (Å²) >= 11 is 5.85. The zero-order valence-corrected chi connectivity index (χ0v) is 14.6. The summed E-state index contributed by atoms with van der Waals surface area (Å²) in [5.74, 6) is -0.0603. The normalized spacial score (nSPS) is 18.2. The number of benzene rings is 1. The van der Waals surface area contributed by atoms with Crippen molar-refractivity contribution < 1.29 is 9.13 Å². The number of hydrogen-bond donors (Lipinski definition) is 1. The van der Waals surface area contributed by atoms with Crippen molar-refractivity contribution in [3.05, 3.63) is 41.3 Å². The second-order valence-electron chi connectivity index (χ2n) is 6.33. The number of halogens is 2. The van der Waals surface area contributed by atoms with Gasteiger partial charge in [0.15, 0.2) is 5.82 Å². The van der Waals surface area contributed by atoms with E-state index in [0.717, 1.165) is 30.9 Å². The van der Waals surface area contributed by atoms with E-state index < -0.39 is 5.82 Å². The zero-order valence-electron chi connectivity index (χ0n) is 13.8. The van der Waals surface area contributed by atoms with Crippen LogP contribution in [0.5, 0.6) is 0 Å². The van der Waals surface area contributed by atoms with E-state index >= 15 is 0 Å². The van der Waals surface area contributed by atoms with Gasteiger partial charge in [-0.25, -0.2) is 9.37 Å². The number of anilines is 2. The first-order chi connectivity index (χ1) is 11.5. The number of nitrogen functional groups attached to an aromatic ring is 1. The van der Waals surface area contributed by atoms with Gasteiger partial charge in [-0.15, -0.1) is 0 Å². The van der Waals surface area contributed by atoms with Crippen LogP contribution in [0.15, 0.2) is 30.5 Å². The molecular weight excluding hydrogens is 329 g/mol. The summed E-state index contributed by atoms with van der Waals surface area (Å²) in [6.07, 6.45) is 1.64. The summed E-state index contributed by atoms with van der Waals surface area (Å²) in [7, 11) is 0. The smallest absolute Gasteiger partial charge is 0.154 e. The van der Waals surface area contributed by atoms with E-state index in [-0.39, 0.29) is 16.9 Å². The number of nitrogens with two attached hydrogens (primary N) is 1. The third-order valence-corrected chi connectivity index (χ3v) is 4.73. The van der Waals surface area contributed by atoms with Crippen LogP contribution in [-0.2, 0) is 4.74 Å². The van der Waals surface area contributed by atoms with Crippen LogP contribution in [-0.4, -0.2) is 30.8 Å². The van der Waals surface area contributed by atoms with Crippen molar-refractivity contribution >= 4 is 23.1 Å². The molecule has 6 heteroatoms. The van der Waals surface area contributed by atoms with Crippen LogP contribution in [0.2, 0.25) is 5.02 Å². The minimum atomic E-state index is -0.539. The molecule has 2 aromatic rings. The van der Waals surface area contributed by atoms with Crippen molar-refractivity contribution in [2.45, 2.75) is 20.0 Å². The molecule has 2 N–H and O–H groups in total. The van der Waals surface area contributed by atoms with Gasteiger partial charge in [-0.2, -0.15) is 0 Å². The minimum absolute atomic E-state index is 0.00239. The number of morpholine rings is 1. The molecule has 0 spiro atoms. The van der Waals surface area contributed by atoms with Crippen molar-refractivity contribution in [3.8, 4) is 11.1 Å². The summed E-state index contributed by atoms with van der Waals surface area (Å²) in [5, 5.41) is -0.135. The Kier molecular flexibility index (Phi) is 4.92. The maximum atomic E-state index is 14.3. The van der Waals surface area contributed by atoms with Crippen LogP contribution < -0.4 is 10.6 Å². The molecule has 1 aliphatic heterocycles. The number of hydrogen-bond acceptors (Lipinski definition) is 4.